The van der Waals surface area contributed by atoms with Gasteiger partial charge in [0.2, 0.25) is 5.89 Å². The maximum atomic E-state index is 11.5. The zero-order chi connectivity index (χ0) is 23.9. The Morgan fingerprint density at radius 2 is 1.71 bits per heavy atom. The zero-order valence-electron chi connectivity index (χ0n) is 18.3. The number of hydrogen-bond acceptors (Lipinski definition) is 6. The van der Waals surface area contributed by atoms with Crippen molar-refractivity contribution in [1.82, 2.24) is 4.98 Å². The SMILES string of the molecule is Cc1oc(-c2ccccc2)nc1COc1ccc(CO/N=C(\C(=O)O)c2ccc(Br)cc2)cc1. The quantitative estimate of drug-likeness (QED) is 0.215. The van der Waals surface area contributed by atoms with Gasteiger partial charge < -0.3 is 19.1 Å². The molecule has 0 aliphatic rings. The molecule has 3 aromatic carbocycles. The maximum absolute atomic E-state index is 11.5. The normalized spacial score (nSPS) is 11.3. The molecule has 1 N–H and O–H groups in total. The minimum Gasteiger partial charge on any atom is -0.487 e. The molecule has 0 saturated carbocycles. The molecule has 4 rings (SSSR count). The van der Waals surface area contributed by atoms with Gasteiger partial charge >= 0.3 is 5.97 Å². The predicted molar refractivity (Wildman–Crippen MR) is 131 cm³/mol. The van der Waals surface area contributed by atoms with Gasteiger partial charge in [0.05, 0.1) is 0 Å². The van der Waals surface area contributed by atoms with Crippen LogP contribution in [0.15, 0.2) is 92.9 Å². The predicted octanol–water partition coefficient (Wildman–Crippen LogP) is 6.00. The van der Waals surface area contributed by atoms with E-state index in [0.29, 0.717) is 23.0 Å². The monoisotopic (exact) mass is 520 g/mol. The van der Waals surface area contributed by atoms with E-state index in [1.165, 1.54) is 0 Å². The van der Waals surface area contributed by atoms with E-state index >= 15 is 0 Å². The van der Waals surface area contributed by atoms with Crippen LogP contribution in [0.5, 0.6) is 5.75 Å². The second-order valence-corrected chi connectivity index (χ2v) is 8.26. The summed E-state index contributed by atoms with van der Waals surface area (Å²) in [7, 11) is 0. The van der Waals surface area contributed by atoms with Crippen molar-refractivity contribution in [3.05, 3.63) is 106 Å². The summed E-state index contributed by atoms with van der Waals surface area (Å²) in [6.45, 7) is 2.26. The van der Waals surface area contributed by atoms with Gasteiger partial charge in [0.15, 0.2) is 5.71 Å². The summed E-state index contributed by atoms with van der Waals surface area (Å²) in [5.41, 5.74) is 2.76. The molecule has 0 atom stereocenters. The Kier molecular flexibility index (Phi) is 7.39. The molecule has 0 saturated heterocycles. The van der Waals surface area contributed by atoms with Gasteiger partial charge in [0.1, 0.15) is 30.4 Å². The lowest BCUT2D eigenvalue weighted by Gasteiger charge is -2.06. The van der Waals surface area contributed by atoms with Crippen LogP contribution in [0.25, 0.3) is 11.5 Å². The summed E-state index contributed by atoms with van der Waals surface area (Å²) in [6, 6.07) is 23.8. The molecule has 4 aromatic rings. The third-order valence-electron chi connectivity index (χ3n) is 4.92. The standard InChI is InChI=1S/C26H21BrN2O5/c1-17-23(28-25(34-17)20-5-3-2-4-6-20)16-32-22-13-7-18(8-14-22)15-33-29-24(26(30)31)19-9-11-21(27)12-10-19/h2-14H,15-16H2,1H3,(H,30,31)/b29-24-. The van der Waals surface area contributed by atoms with Gasteiger partial charge in [-0.2, -0.15) is 0 Å². The highest BCUT2D eigenvalue weighted by atomic mass is 79.9. The average molecular weight is 521 g/mol. The van der Waals surface area contributed by atoms with Gasteiger partial charge in [-0.1, -0.05) is 63.6 Å². The first-order valence-electron chi connectivity index (χ1n) is 10.4. The average Bonchev–Trinajstić information content (AvgIpc) is 3.23. The van der Waals surface area contributed by atoms with E-state index in [0.717, 1.165) is 21.3 Å². The largest absolute Gasteiger partial charge is 0.487 e. The van der Waals surface area contributed by atoms with Crippen LogP contribution in [0.2, 0.25) is 0 Å². The Bertz CT molecular complexity index is 1280. The van der Waals surface area contributed by atoms with Gasteiger partial charge in [-0.15, -0.1) is 0 Å². The molecule has 172 valence electrons. The van der Waals surface area contributed by atoms with Crippen LogP contribution in [0.1, 0.15) is 22.6 Å². The van der Waals surface area contributed by atoms with Crippen molar-refractivity contribution >= 4 is 27.6 Å². The molecule has 7 nitrogen and oxygen atoms in total. The van der Waals surface area contributed by atoms with E-state index < -0.39 is 5.97 Å². The Balaban J connectivity index is 1.34. The van der Waals surface area contributed by atoms with Crippen molar-refractivity contribution in [1.29, 1.82) is 0 Å². The highest BCUT2D eigenvalue weighted by Gasteiger charge is 2.14. The van der Waals surface area contributed by atoms with E-state index in [1.807, 2.05) is 61.5 Å². The molecule has 34 heavy (non-hydrogen) atoms. The molecule has 0 aliphatic carbocycles. The molecular weight excluding hydrogens is 500 g/mol. The number of rotatable bonds is 9. The fourth-order valence-corrected chi connectivity index (χ4v) is 3.36. The molecule has 0 spiro atoms. The van der Waals surface area contributed by atoms with Gasteiger partial charge in [0.25, 0.3) is 0 Å². The number of aliphatic carboxylic acids is 1. The molecule has 8 heteroatoms. The molecule has 0 aliphatic heterocycles. The number of benzene rings is 3. The Morgan fingerprint density at radius 3 is 2.38 bits per heavy atom. The number of hydrogen-bond donors (Lipinski definition) is 1. The summed E-state index contributed by atoms with van der Waals surface area (Å²) in [5.74, 6) is 0.775. The molecule has 0 amide bonds. The van der Waals surface area contributed by atoms with E-state index in [9.17, 15) is 9.90 Å². The first-order chi connectivity index (χ1) is 16.5. The topological polar surface area (TPSA) is 94.2 Å². The van der Waals surface area contributed by atoms with Crippen LogP contribution >= 0.6 is 15.9 Å². The number of halogens is 1. The first-order valence-corrected chi connectivity index (χ1v) is 11.2. The number of carboxylic acids is 1. The fraction of sp³-hybridized carbons (Fsp3) is 0.115. The summed E-state index contributed by atoms with van der Waals surface area (Å²) < 4.78 is 12.5. The number of carboxylic acid groups (broad SMARTS) is 1. The molecule has 0 radical (unpaired) electrons. The van der Waals surface area contributed by atoms with Crippen LogP contribution in [0.4, 0.5) is 0 Å². The minimum atomic E-state index is -1.16. The molecule has 1 aromatic heterocycles. The maximum Gasteiger partial charge on any atom is 0.358 e. The van der Waals surface area contributed by atoms with Gasteiger partial charge in [0, 0.05) is 15.6 Å². The molecule has 1 heterocycles. The summed E-state index contributed by atoms with van der Waals surface area (Å²) in [6.07, 6.45) is 0. The first kappa shape index (κ1) is 23.3. The van der Waals surface area contributed by atoms with E-state index in [-0.39, 0.29) is 18.9 Å². The van der Waals surface area contributed by atoms with Crippen LogP contribution < -0.4 is 4.74 Å². The number of carbonyl (C=O) groups is 1. The number of oxazole rings is 1. The third kappa shape index (κ3) is 5.90. The van der Waals surface area contributed by atoms with Crippen molar-refractivity contribution < 1.29 is 23.9 Å². The number of nitrogens with zero attached hydrogens (tertiary/aromatic N) is 2. The second kappa shape index (κ2) is 10.8. The van der Waals surface area contributed by atoms with Gasteiger partial charge in [-0.25, -0.2) is 9.78 Å². The summed E-state index contributed by atoms with van der Waals surface area (Å²) in [5, 5.41) is 13.2. The number of oxime groups is 1. The molecule has 0 fully saturated rings. The molecular formula is C26H21BrN2O5. The van der Waals surface area contributed by atoms with Crippen molar-refractivity contribution in [3.63, 3.8) is 0 Å². The second-order valence-electron chi connectivity index (χ2n) is 7.35. The van der Waals surface area contributed by atoms with Crippen LogP contribution in [-0.2, 0) is 22.8 Å². The van der Waals surface area contributed by atoms with Crippen LogP contribution in [0, 0.1) is 6.92 Å². The van der Waals surface area contributed by atoms with E-state index in [4.69, 9.17) is 14.0 Å². The van der Waals surface area contributed by atoms with E-state index in [1.54, 1.807) is 24.3 Å². The highest BCUT2D eigenvalue weighted by molar-refractivity contribution is 9.10. The third-order valence-corrected chi connectivity index (χ3v) is 5.45. The van der Waals surface area contributed by atoms with Crippen molar-refractivity contribution in [3.8, 4) is 17.2 Å². The van der Waals surface area contributed by atoms with Crippen LogP contribution in [0.3, 0.4) is 0 Å². The lowest BCUT2D eigenvalue weighted by atomic mass is 10.1. The Morgan fingerprint density at radius 1 is 1.00 bits per heavy atom. The molecule has 0 bridgehead atoms. The van der Waals surface area contributed by atoms with Crippen molar-refractivity contribution in [2.24, 2.45) is 5.16 Å². The van der Waals surface area contributed by atoms with Gasteiger partial charge in [-0.05, 0) is 48.9 Å². The number of aromatic nitrogens is 1. The Hall–Kier alpha value is -3.91. The van der Waals surface area contributed by atoms with Crippen molar-refractivity contribution in [2.45, 2.75) is 20.1 Å². The summed E-state index contributed by atoms with van der Waals surface area (Å²) in [4.78, 5) is 21.3. The van der Waals surface area contributed by atoms with E-state index in [2.05, 4.69) is 26.1 Å². The fourth-order valence-electron chi connectivity index (χ4n) is 3.09. The lowest BCUT2D eigenvalue weighted by molar-refractivity contribution is -0.129. The molecule has 0 unspecified atom stereocenters. The smallest absolute Gasteiger partial charge is 0.358 e. The van der Waals surface area contributed by atoms with Crippen LogP contribution in [-0.4, -0.2) is 21.8 Å². The zero-order valence-corrected chi connectivity index (χ0v) is 19.9. The minimum absolute atomic E-state index is 0.121. The Labute approximate surface area is 204 Å². The number of aryl methyl sites for hydroxylation is 1. The summed E-state index contributed by atoms with van der Waals surface area (Å²) >= 11 is 3.32. The van der Waals surface area contributed by atoms with Gasteiger partial charge in [-0.3, -0.25) is 0 Å². The van der Waals surface area contributed by atoms with Crippen molar-refractivity contribution in [2.75, 3.05) is 0 Å². The highest BCUT2D eigenvalue weighted by Crippen LogP contribution is 2.23. The lowest BCUT2D eigenvalue weighted by Crippen LogP contribution is -2.15. The number of ether oxygens (including phenoxy) is 1.